The maximum atomic E-state index is 12.9. The maximum Gasteiger partial charge on any atom is 0.320 e. The molecule has 0 aliphatic heterocycles. The molecule has 3 aromatic rings. The van der Waals surface area contributed by atoms with Crippen molar-refractivity contribution in [1.82, 2.24) is 5.32 Å². The molecule has 0 bridgehead atoms. The van der Waals surface area contributed by atoms with Crippen LogP contribution in [0.15, 0.2) is 72.8 Å². The smallest absolute Gasteiger partial charge is 0.320 e. The van der Waals surface area contributed by atoms with Crippen LogP contribution in [0, 0.1) is 17.2 Å². The molecule has 1 amide bonds. The first-order valence-corrected chi connectivity index (χ1v) is 12.4. The second-order valence-electron chi connectivity index (χ2n) is 9.52. The molecule has 0 spiro atoms. The van der Waals surface area contributed by atoms with Crippen molar-refractivity contribution in [1.29, 1.82) is 5.26 Å². The van der Waals surface area contributed by atoms with Crippen LogP contribution in [0.3, 0.4) is 0 Å². The van der Waals surface area contributed by atoms with Gasteiger partial charge in [0.1, 0.15) is 6.04 Å². The van der Waals surface area contributed by atoms with E-state index in [1.165, 1.54) is 18.4 Å². The number of hydrogen-bond acceptors (Lipinski definition) is 4. The summed E-state index contributed by atoms with van der Waals surface area (Å²) in [4.78, 5) is 23.8. The second-order valence-corrected chi connectivity index (χ2v) is 9.52. The molecule has 1 saturated carbocycles. The largest absolute Gasteiger partial charge is 0.480 e. The van der Waals surface area contributed by atoms with Gasteiger partial charge in [0, 0.05) is 18.0 Å². The zero-order chi connectivity index (χ0) is 25.5. The van der Waals surface area contributed by atoms with E-state index in [2.05, 4.69) is 35.7 Å². The lowest BCUT2D eigenvalue weighted by atomic mass is 9.84. The summed E-state index contributed by atoms with van der Waals surface area (Å²) >= 11 is 0. The summed E-state index contributed by atoms with van der Waals surface area (Å²) in [6.07, 6.45) is 4.99. The van der Waals surface area contributed by atoms with Gasteiger partial charge in [0.2, 0.25) is 0 Å². The second kappa shape index (κ2) is 11.7. The molecule has 0 heterocycles. The molecule has 0 aromatic heterocycles. The average Bonchev–Trinajstić information content (AvgIpc) is 3.44. The summed E-state index contributed by atoms with van der Waals surface area (Å²) in [5.41, 5.74) is 11.0. The fraction of sp³-hybridized carbons (Fsp3) is 0.300. The minimum absolute atomic E-state index is 0.138. The van der Waals surface area contributed by atoms with Crippen LogP contribution >= 0.6 is 0 Å². The number of rotatable bonds is 9. The lowest BCUT2D eigenvalue weighted by Crippen LogP contribution is -2.32. The Bertz CT molecular complexity index is 1220. The highest BCUT2D eigenvalue weighted by molar-refractivity contribution is 5.94. The van der Waals surface area contributed by atoms with Crippen molar-refractivity contribution < 1.29 is 14.7 Å². The van der Waals surface area contributed by atoms with Gasteiger partial charge in [-0.3, -0.25) is 9.59 Å². The monoisotopic (exact) mass is 481 g/mol. The third kappa shape index (κ3) is 6.18. The molecule has 184 valence electrons. The SMILES string of the molecule is N#Cc1ccc(-c2ccc([C@H](CNC(=O)c3ccc(CC(N)C(=O)O)cc3)C3CCCC3)cc2)cc1. The van der Waals surface area contributed by atoms with E-state index in [-0.39, 0.29) is 18.2 Å². The molecule has 36 heavy (non-hydrogen) atoms. The average molecular weight is 482 g/mol. The van der Waals surface area contributed by atoms with Crippen LogP contribution in [0.5, 0.6) is 0 Å². The summed E-state index contributed by atoms with van der Waals surface area (Å²) in [5.74, 6) is -0.411. The van der Waals surface area contributed by atoms with Crippen LogP contribution in [-0.4, -0.2) is 29.6 Å². The molecular formula is C30H31N3O3. The molecule has 6 nitrogen and oxygen atoms in total. The highest BCUT2D eigenvalue weighted by Gasteiger charge is 2.27. The van der Waals surface area contributed by atoms with Gasteiger partial charge in [0.15, 0.2) is 0 Å². The molecule has 0 saturated heterocycles. The fourth-order valence-electron chi connectivity index (χ4n) is 5.01. The molecule has 1 aliphatic rings. The summed E-state index contributed by atoms with van der Waals surface area (Å²) in [6, 6.07) is 24.3. The van der Waals surface area contributed by atoms with Gasteiger partial charge in [-0.2, -0.15) is 5.26 Å². The minimum Gasteiger partial charge on any atom is -0.480 e. The van der Waals surface area contributed by atoms with Gasteiger partial charge in [-0.25, -0.2) is 0 Å². The molecule has 3 aromatic carbocycles. The number of carboxylic acid groups (broad SMARTS) is 1. The number of carbonyl (C=O) groups is 2. The number of amides is 1. The number of nitrogens with two attached hydrogens (primary N) is 1. The van der Waals surface area contributed by atoms with Crippen molar-refractivity contribution in [2.45, 2.75) is 44.1 Å². The van der Waals surface area contributed by atoms with Crippen LogP contribution in [0.2, 0.25) is 0 Å². The molecule has 1 fully saturated rings. The Morgan fingerprint density at radius 1 is 0.944 bits per heavy atom. The van der Waals surface area contributed by atoms with Crippen LogP contribution < -0.4 is 11.1 Å². The van der Waals surface area contributed by atoms with Gasteiger partial charge in [-0.15, -0.1) is 0 Å². The molecule has 4 rings (SSSR count). The number of nitrogens with one attached hydrogen (secondary N) is 1. The Balaban J connectivity index is 1.43. The predicted octanol–water partition coefficient (Wildman–Crippen LogP) is 4.88. The molecule has 1 aliphatic carbocycles. The minimum atomic E-state index is -1.04. The summed E-state index contributed by atoms with van der Waals surface area (Å²) in [5, 5.41) is 21.1. The molecule has 0 radical (unpaired) electrons. The van der Waals surface area contributed by atoms with Crippen LogP contribution in [-0.2, 0) is 11.2 Å². The standard InChI is InChI=1S/C30H31N3O3/c31-18-21-7-9-22(10-8-21)23-13-15-25(16-14-23)27(24-3-1-2-4-24)19-33-29(34)26-11-5-20(6-12-26)17-28(32)30(35)36/h5-16,24,27-28H,1-4,17,19,32H2,(H,33,34)(H,35,36)/t27-,28?/m1/s1. The number of hydrogen-bond donors (Lipinski definition) is 3. The maximum absolute atomic E-state index is 12.9. The number of carboxylic acids is 1. The number of nitrogens with zero attached hydrogens (tertiary/aromatic N) is 1. The van der Waals surface area contributed by atoms with Crippen molar-refractivity contribution in [2.24, 2.45) is 11.7 Å². The summed E-state index contributed by atoms with van der Waals surface area (Å²) in [6.45, 7) is 0.561. The van der Waals surface area contributed by atoms with Crippen LogP contribution in [0.4, 0.5) is 0 Å². The van der Waals surface area contributed by atoms with Crippen LogP contribution in [0.1, 0.15) is 58.6 Å². The third-order valence-electron chi connectivity index (χ3n) is 7.13. The zero-order valence-corrected chi connectivity index (χ0v) is 20.2. The van der Waals surface area contributed by atoms with E-state index in [4.69, 9.17) is 16.1 Å². The van der Waals surface area contributed by atoms with E-state index in [0.29, 0.717) is 23.6 Å². The van der Waals surface area contributed by atoms with Crippen LogP contribution in [0.25, 0.3) is 11.1 Å². The Labute approximate surface area is 211 Å². The number of carbonyl (C=O) groups excluding carboxylic acids is 1. The molecule has 1 unspecified atom stereocenters. The quantitative estimate of drug-likeness (QED) is 0.403. The van der Waals surface area contributed by atoms with Gasteiger partial charge < -0.3 is 16.2 Å². The van der Waals surface area contributed by atoms with Crippen molar-refractivity contribution in [2.75, 3.05) is 6.54 Å². The fourth-order valence-corrected chi connectivity index (χ4v) is 5.01. The normalized spacial score (nSPS) is 15.1. The molecule has 6 heteroatoms. The van der Waals surface area contributed by atoms with Gasteiger partial charge in [-0.05, 0) is 71.7 Å². The first-order chi connectivity index (χ1) is 17.4. The Kier molecular flexibility index (Phi) is 8.14. The highest BCUT2D eigenvalue weighted by atomic mass is 16.4. The lowest BCUT2D eigenvalue weighted by Gasteiger charge is -2.25. The number of nitriles is 1. The van der Waals surface area contributed by atoms with E-state index < -0.39 is 12.0 Å². The van der Waals surface area contributed by atoms with Gasteiger partial charge >= 0.3 is 5.97 Å². The Hall–Kier alpha value is -3.95. The first-order valence-electron chi connectivity index (χ1n) is 12.4. The van der Waals surface area contributed by atoms with E-state index in [1.807, 2.05) is 24.3 Å². The van der Waals surface area contributed by atoms with E-state index in [9.17, 15) is 9.59 Å². The Morgan fingerprint density at radius 3 is 2.08 bits per heavy atom. The van der Waals surface area contributed by atoms with Crippen molar-refractivity contribution in [3.8, 4) is 17.2 Å². The summed E-state index contributed by atoms with van der Waals surface area (Å²) in [7, 11) is 0. The summed E-state index contributed by atoms with van der Waals surface area (Å²) < 4.78 is 0. The van der Waals surface area contributed by atoms with Gasteiger partial charge in [0.25, 0.3) is 5.91 Å². The highest BCUT2D eigenvalue weighted by Crippen LogP contribution is 2.37. The van der Waals surface area contributed by atoms with E-state index in [1.54, 1.807) is 24.3 Å². The van der Waals surface area contributed by atoms with Crippen molar-refractivity contribution in [3.63, 3.8) is 0 Å². The van der Waals surface area contributed by atoms with Crippen molar-refractivity contribution in [3.05, 3.63) is 95.1 Å². The zero-order valence-electron chi connectivity index (χ0n) is 20.2. The first kappa shape index (κ1) is 25.2. The van der Waals surface area contributed by atoms with Crippen molar-refractivity contribution >= 4 is 11.9 Å². The van der Waals surface area contributed by atoms with Gasteiger partial charge in [-0.1, -0.05) is 61.4 Å². The topological polar surface area (TPSA) is 116 Å². The molecule has 4 N–H and O–H groups in total. The Morgan fingerprint density at radius 2 is 1.53 bits per heavy atom. The van der Waals surface area contributed by atoms with Gasteiger partial charge in [0.05, 0.1) is 11.6 Å². The number of benzene rings is 3. The van der Waals surface area contributed by atoms with E-state index >= 15 is 0 Å². The van der Waals surface area contributed by atoms with E-state index in [0.717, 1.165) is 29.5 Å². The molecular weight excluding hydrogens is 450 g/mol. The molecule has 2 atom stereocenters. The predicted molar refractivity (Wildman–Crippen MR) is 139 cm³/mol. The lowest BCUT2D eigenvalue weighted by molar-refractivity contribution is -0.138. The number of aliphatic carboxylic acids is 1. The third-order valence-corrected chi connectivity index (χ3v) is 7.13.